The van der Waals surface area contributed by atoms with Crippen molar-refractivity contribution in [2.45, 2.75) is 6.92 Å². The highest BCUT2D eigenvalue weighted by molar-refractivity contribution is 7.98. The van der Waals surface area contributed by atoms with Gasteiger partial charge in [-0.2, -0.15) is 11.8 Å². The first-order valence-electron chi connectivity index (χ1n) is 5.91. The summed E-state index contributed by atoms with van der Waals surface area (Å²) in [7, 11) is 0. The second-order valence-electron chi connectivity index (χ2n) is 4.39. The Morgan fingerprint density at radius 2 is 2.19 bits per heavy atom. The Labute approximate surface area is 103 Å². The molecule has 94 valence electrons. The Morgan fingerprint density at radius 1 is 1.50 bits per heavy atom. The molecule has 1 aliphatic rings. The summed E-state index contributed by atoms with van der Waals surface area (Å²) in [6.45, 7) is 7.47. The highest BCUT2D eigenvalue weighted by atomic mass is 32.2. The molecule has 1 saturated heterocycles. The smallest absolute Gasteiger partial charge is 0.234 e. The monoisotopic (exact) mass is 245 g/mol. The number of carbonyl (C=O) groups is 1. The highest BCUT2D eigenvalue weighted by Gasteiger charge is 2.13. The molecule has 0 radical (unpaired) electrons. The van der Waals surface area contributed by atoms with Gasteiger partial charge in [0, 0.05) is 32.7 Å². The van der Waals surface area contributed by atoms with Gasteiger partial charge in [-0.05, 0) is 17.9 Å². The van der Waals surface area contributed by atoms with Crippen LogP contribution in [0.4, 0.5) is 0 Å². The van der Waals surface area contributed by atoms with Gasteiger partial charge in [-0.3, -0.25) is 9.69 Å². The molecular formula is C11H23N3OS. The van der Waals surface area contributed by atoms with Crippen LogP contribution in [0, 0.1) is 5.92 Å². The van der Waals surface area contributed by atoms with Gasteiger partial charge in [0.25, 0.3) is 0 Å². The van der Waals surface area contributed by atoms with Gasteiger partial charge in [0.1, 0.15) is 0 Å². The Kier molecular flexibility index (Phi) is 6.84. The molecule has 0 bridgehead atoms. The number of thioether (sulfide) groups is 1. The minimum Gasteiger partial charge on any atom is -0.355 e. The van der Waals surface area contributed by atoms with Gasteiger partial charge < -0.3 is 10.6 Å². The minimum atomic E-state index is 0.162. The molecule has 1 unspecified atom stereocenters. The summed E-state index contributed by atoms with van der Waals surface area (Å²) >= 11 is 1.83. The van der Waals surface area contributed by atoms with Crippen LogP contribution in [0.5, 0.6) is 0 Å². The lowest BCUT2D eigenvalue weighted by atomic mass is 10.2. The molecule has 0 saturated carbocycles. The standard InChI is InChI=1S/C11H23N3OS/c1-10(9-16-2)7-13-11(15)8-14-5-3-12-4-6-14/h10,12H,3-9H2,1-2H3,(H,13,15). The van der Waals surface area contributed by atoms with E-state index in [0.717, 1.165) is 38.5 Å². The van der Waals surface area contributed by atoms with E-state index in [9.17, 15) is 4.79 Å². The second kappa shape index (κ2) is 7.92. The summed E-state index contributed by atoms with van der Waals surface area (Å²) in [4.78, 5) is 13.8. The first-order valence-corrected chi connectivity index (χ1v) is 7.30. The van der Waals surface area contributed by atoms with Crippen molar-refractivity contribution in [3.63, 3.8) is 0 Å². The number of nitrogens with zero attached hydrogens (tertiary/aromatic N) is 1. The number of amides is 1. The maximum Gasteiger partial charge on any atom is 0.234 e. The average Bonchev–Trinajstić information content (AvgIpc) is 2.28. The van der Waals surface area contributed by atoms with Gasteiger partial charge in [0.2, 0.25) is 5.91 Å². The number of piperazine rings is 1. The van der Waals surface area contributed by atoms with Crippen molar-refractivity contribution < 1.29 is 4.79 Å². The van der Waals surface area contributed by atoms with Crippen molar-refractivity contribution >= 4 is 17.7 Å². The number of carbonyl (C=O) groups excluding carboxylic acids is 1. The molecule has 5 heteroatoms. The zero-order valence-electron chi connectivity index (χ0n) is 10.3. The SMILES string of the molecule is CSCC(C)CNC(=O)CN1CCNCC1. The van der Waals surface area contributed by atoms with Gasteiger partial charge in [-0.1, -0.05) is 6.92 Å². The number of hydrogen-bond acceptors (Lipinski definition) is 4. The molecule has 16 heavy (non-hydrogen) atoms. The van der Waals surface area contributed by atoms with Crippen LogP contribution in [0.2, 0.25) is 0 Å². The van der Waals surface area contributed by atoms with Crippen molar-refractivity contribution in [3.05, 3.63) is 0 Å². The maximum absolute atomic E-state index is 11.6. The first kappa shape index (κ1) is 13.8. The van der Waals surface area contributed by atoms with E-state index < -0.39 is 0 Å². The van der Waals surface area contributed by atoms with Crippen LogP contribution in [0.15, 0.2) is 0 Å². The maximum atomic E-state index is 11.6. The van der Waals surface area contributed by atoms with Crippen LogP contribution in [-0.2, 0) is 4.79 Å². The third-order valence-corrected chi connectivity index (χ3v) is 3.58. The number of hydrogen-bond donors (Lipinski definition) is 2. The van der Waals surface area contributed by atoms with Crippen molar-refractivity contribution in [1.82, 2.24) is 15.5 Å². The van der Waals surface area contributed by atoms with Crippen LogP contribution < -0.4 is 10.6 Å². The molecule has 4 nitrogen and oxygen atoms in total. The van der Waals surface area contributed by atoms with Gasteiger partial charge in [-0.25, -0.2) is 0 Å². The van der Waals surface area contributed by atoms with Crippen LogP contribution in [-0.4, -0.2) is 62.1 Å². The lowest BCUT2D eigenvalue weighted by Crippen LogP contribution is -2.48. The quantitative estimate of drug-likeness (QED) is 0.692. The molecule has 0 spiro atoms. The van der Waals surface area contributed by atoms with Gasteiger partial charge in [0.05, 0.1) is 6.54 Å². The van der Waals surface area contributed by atoms with Crippen LogP contribution >= 0.6 is 11.8 Å². The van der Waals surface area contributed by atoms with E-state index in [1.165, 1.54) is 0 Å². The fourth-order valence-electron chi connectivity index (χ4n) is 1.76. The van der Waals surface area contributed by atoms with E-state index in [1.807, 2.05) is 11.8 Å². The topological polar surface area (TPSA) is 44.4 Å². The van der Waals surface area contributed by atoms with E-state index >= 15 is 0 Å². The fourth-order valence-corrected chi connectivity index (χ4v) is 2.45. The van der Waals surface area contributed by atoms with Crippen LogP contribution in [0.3, 0.4) is 0 Å². The lowest BCUT2D eigenvalue weighted by molar-refractivity contribution is -0.122. The van der Waals surface area contributed by atoms with Gasteiger partial charge in [-0.15, -0.1) is 0 Å². The van der Waals surface area contributed by atoms with Crippen LogP contribution in [0.1, 0.15) is 6.92 Å². The van der Waals surface area contributed by atoms with E-state index in [1.54, 1.807) is 0 Å². The summed E-state index contributed by atoms with van der Waals surface area (Å²) in [5, 5.41) is 6.28. The first-order chi connectivity index (χ1) is 7.72. The zero-order valence-corrected chi connectivity index (χ0v) is 11.1. The van der Waals surface area contributed by atoms with Crippen molar-refractivity contribution in [3.8, 4) is 0 Å². The Hall–Kier alpha value is -0.260. The molecule has 1 aliphatic heterocycles. The molecule has 1 rings (SSSR count). The largest absolute Gasteiger partial charge is 0.355 e. The third-order valence-electron chi connectivity index (χ3n) is 2.68. The molecule has 0 aromatic rings. The molecule has 1 atom stereocenters. The molecule has 1 amide bonds. The van der Waals surface area contributed by atoms with Crippen molar-refractivity contribution in [2.24, 2.45) is 5.92 Å². The molecule has 2 N–H and O–H groups in total. The summed E-state index contributed by atoms with van der Waals surface area (Å²) in [5.41, 5.74) is 0. The highest BCUT2D eigenvalue weighted by Crippen LogP contribution is 2.02. The second-order valence-corrected chi connectivity index (χ2v) is 5.30. The molecule has 1 fully saturated rings. The van der Waals surface area contributed by atoms with Crippen molar-refractivity contribution in [2.75, 3.05) is 51.3 Å². The van der Waals surface area contributed by atoms with Crippen LogP contribution in [0.25, 0.3) is 0 Å². The third kappa shape index (κ3) is 5.72. The van der Waals surface area contributed by atoms with E-state index in [4.69, 9.17) is 0 Å². The molecule has 0 aromatic heterocycles. The summed E-state index contributed by atoms with van der Waals surface area (Å²) in [6.07, 6.45) is 2.10. The predicted molar refractivity (Wildman–Crippen MR) is 69.9 cm³/mol. The summed E-state index contributed by atoms with van der Waals surface area (Å²) in [6, 6.07) is 0. The Bertz CT molecular complexity index is 207. The van der Waals surface area contributed by atoms with E-state index in [0.29, 0.717) is 12.5 Å². The van der Waals surface area contributed by atoms with E-state index in [-0.39, 0.29) is 5.91 Å². The molecule has 0 aromatic carbocycles. The number of nitrogens with one attached hydrogen (secondary N) is 2. The summed E-state index contributed by atoms with van der Waals surface area (Å²) in [5.74, 6) is 1.82. The molecule has 1 heterocycles. The lowest BCUT2D eigenvalue weighted by Gasteiger charge is -2.26. The minimum absolute atomic E-state index is 0.162. The normalized spacial score (nSPS) is 19.4. The number of rotatable bonds is 6. The van der Waals surface area contributed by atoms with Gasteiger partial charge in [0.15, 0.2) is 0 Å². The summed E-state index contributed by atoms with van der Waals surface area (Å²) < 4.78 is 0. The van der Waals surface area contributed by atoms with Crippen molar-refractivity contribution in [1.29, 1.82) is 0 Å². The van der Waals surface area contributed by atoms with Gasteiger partial charge >= 0.3 is 0 Å². The average molecular weight is 245 g/mol. The van der Waals surface area contributed by atoms with E-state index in [2.05, 4.69) is 28.7 Å². The zero-order chi connectivity index (χ0) is 11.8. The molecule has 0 aliphatic carbocycles. The Balaban J connectivity index is 2.10. The fraction of sp³-hybridized carbons (Fsp3) is 0.909. The Morgan fingerprint density at radius 3 is 2.81 bits per heavy atom. The predicted octanol–water partition coefficient (Wildman–Crippen LogP) is 0.00690. The molecular weight excluding hydrogens is 222 g/mol.